The normalized spacial score (nSPS) is 14.9. The van der Waals surface area contributed by atoms with Crippen molar-refractivity contribution in [1.29, 1.82) is 0 Å². The molecule has 0 amide bonds. The van der Waals surface area contributed by atoms with Crippen LogP contribution >= 0.6 is 0 Å². The molecule has 0 aliphatic carbocycles. The van der Waals surface area contributed by atoms with Crippen LogP contribution < -0.4 is 10.9 Å². The summed E-state index contributed by atoms with van der Waals surface area (Å²) in [6.45, 7) is 2.50. The van der Waals surface area contributed by atoms with Crippen molar-refractivity contribution < 1.29 is 0 Å². The Labute approximate surface area is 86.2 Å². The molecule has 1 saturated heterocycles. The average molecular weight is 207 g/mol. The first-order chi connectivity index (χ1) is 7.38. The van der Waals surface area contributed by atoms with Crippen LogP contribution in [0.4, 0.5) is 0 Å². The fourth-order valence-corrected chi connectivity index (χ4v) is 1.40. The summed E-state index contributed by atoms with van der Waals surface area (Å²) >= 11 is 0. The molecule has 6 heteroatoms. The summed E-state index contributed by atoms with van der Waals surface area (Å²) in [6, 6.07) is 0. The quantitative estimate of drug-likeness (QED) is 0.568. The van der Waals surface area contributed by atoms with Crippen LogP contribution in [0.1, 0.15) is 12.8 Å². The molecule has 2 aromatic heterocycles. The lowest BCUT2D eigenvalue weighted by Crippen LogP contribution is -2.05. The molecule has 0 radical (unpaired) electrons. The van der Waals surface area contributed by atoms with E-state index in [2.05, 4.69) is 25.3 Å². The Morgan fingerprint density at radius 1 is 1.07 bits per heavy atom. The summed E-state index contributed by atoms with van der Waals surface area (Å²) in [7, 11) is 0. The maximum absolute atomic E-state index is 10.9. The van der Waals surface area contributed by atoms with Gasteiger partial charge in [-0.05, 0) is 25.9 Å². The maximum atomic E-state index is 10.9. The number of nitrogens with one attached hydrogen (secondary N) is 3. The van der Waals surface area contributed by atoms with E-state index in [4.69, 9.17) is 0 Å². The summed E-state index contributed by atoms with van der Waals surface area (Å²) in [6.07, 6.45) is 5.54. The van der Waals surface area contributed by atoms with E-state index in [1.165, 1.54) is 38.6 Å². The van der Waals surface area contributed by atoms with Crippen LogP contribution in [0.5, 0.6) is 0 Å². The van der Waals surface area contributed by atoms with Crippen LogP contribution in [0.3, 0.4) is 0 Å². The van der Waals surface area contributed by atoms with Gasteiger partial charge >= 0.3 is 0 Å². The van der Waals surface area contributed by atoms with Crippen LogP contribution in [0, 0.1) is 0 Å². The van der Waals surface area contributed by atoms with Crippen LogP contribution in [0.2, 0.25) is 0 Å². The fourth-order valence-electron chi connectivity index (χ4n) is 1.40. The number of H-pyrrole nitrogens is 2. The van der Waals surface area contributed by atoms with E-state index in [1.54, 1.807) is 0 Å². The van der Waals surface area contributed by atoms with Gasteiger partial charge in [0.15, 0.2) is 11.2 Å². The van der Waals surface area contributed by atoms with Crippen molar-refractivity contribution in [2.75, 3.05) is 13.1 Å². The molecule has 1 fully saturated rings. The molecule has 0 atom stereocenters. The van der Waals surface area contributed by atoms with E-state index in [1.807, 2.05) is 0 Å². The molecule has 15 heavy (non-hydrogen) atoms. The minimum absolute atomic E-state index is 0.192. The van der Waals surface area contributed by atoms with Crippen molar-refractivity contribution in [2.24, 2.45) is 0 Å². The lowest BCUT2D eigenvalue weighted by molar-refractivity contribution is 0.857. The SMILES string of the molecule is C1CCNC1.O=c1[nH]cnc2nc[nH]c12. The number of hydrogen-bond acceptors (Lipinski definition) is 4. The number of aromatic nitrogens is 4. The smallest absolute Gasteiger partial charge is 0.276 e. The molecule has 80 valence electrons. The zero-order valence-corrected chi connectivity index (χ0v) is 8.29. The molecule has 3 heterocycles. The number of rotatable bonds is 0. The first-order valence-electron chi connectivity index (χ1n) is 4.95. The van der Waals surface area contributed by atoms with Crippen LogP contribution in [0.15, 0.2) is 17.4 Å². The molecule has 1 aliphatic heterocycles. The molecule has 1 aliphatic rings. The molecule has 3 rings (SSSR count). The van der Waals surface area contributed by atoms with Gasteiger partial charge in [-0.15, -0.1) is 0 Å². The summed E-state index contributed by atoms with van der Waals surface area (Å²) < 4.78 is 0. The summed E-state index contributed by atoms with van der Waals surface area (Å²) in [5.74, 6) is 0. The number of imidazole rings is 1. The van der Waals surface area contributed by atoms with Crippen LogP contribution in [0.25, 0.3) is 11.2 Å². The van der Waals surface area contributed by atoms with Crippen molar-refractivity contribution in [3.63, 3.8) is 0 Å². The molecule has 2 aromatic rings. The van der Waals surface area contributed by atoms with Crippen LogP contribution in [-0.2, 0) is 0 Å². The van der Waals surface area contributed by atoms with Gasteiger partial charge < -0.3 is 15.3 Å². The Bertz CT molecular complexity index is 463. The minimum Gasteiger partial charge on any atom is -0.339 e. The van der Waals surface area contributed by atoms with Crippen molar-refractivity contribution in [3.05, 3.63) is 23.0 Å². The lowest BCUT2D eigenvalue weighted by Gasteiger charge is -1.81. The molecule has 3 N–H and O–H groups in total. The largest absolute Gasteiger partial charge is 0.339 e. The second-order valence-corrected chi connectivity index (χ2v) is 3.29. The Morgan fingerprint density at radius 2 is 1.73 bits per heavy atom. The molecular formula is C9H13N5O. The molecule has 0 spiro atoms. The second kappa shape index (κ2) is 4.70. The van der Waals surface area contributed by atoms with Gasteiger partial charge in [-0.2, -0.15) is 0 Å². The number of fused-ring (bicyclic) bond motifs is 1. The maximum Gasteiger partial charge on any atom is 0.276 e. The Morgan fingerprint density at radius 3 is 2.27 bits per heavy atom. The Hall–Kier alpha value is -1.69. The molecular weight excluding hydrogens is 194 g/mol. The highest BCUT2D eigenvalue weighted by Gasteiger charge is 1.97. The first kappa shape index (κ1) is 9.85. The predicted octanol–water partition coefficient (Wildman–Crippen LogP) is 0.0160. The van der Waals surface area contributed by atoms with Crippen molar-refractivity contribution >= 4 is 11.2 Å². The van der Waals surface area contributed by atoms with E-state index < -0.39 is 0 Å². The summed E-state index contributed by atoms with van der Waals surface area (Å²) in [5.41, 5.74) is 0.675. The zero-order chi connectivity index (χ0) is 10.5. The number of aromatic amines is 2. The fraction of sp³-hybridized carbons (Fsp3) is 0.444. The van der Waals surface area contributed by atoms with Gasteiger partial charge in [-0.25, -0.2) is 9.97 Å². The van der Waals surface area contributed by atoms with Gasteiger partial charge in [0.1, 0.15) is 0 Å². The summed E-state index contributed by atoms with van der Waals surface area (Å²) in [5, 5.41) is 3.22. The van der Waals surface area contributed by atoms with E-state index in [-0.39, 0.29) is 5.56 Å². The third-order valence-corrected chi connectivity index (χ3v) is 2.19. The molecule has 6 nitrogen and oxygen atoms in total. The third-order valence-electron chi connectivity index (χ3n) is 2.19. The van der Waals surface area contributed by atoms with Gasteiger partial charge in [0.05, 0.1) is 12.7 Å². The van der Waals surface area contributed by atoms with E-state index in [0.717, 1.165) is 0 Å². The second-order valence-electron chi connectivity index (χ2n) is 3.29. The highest BCUT2D eigenvalue weighted by Crippen LogP contribution is 1.94. The summed E-state index contributed by atoms with van der Waals surface area (Å²) in [4.78, 5) is 23.6. The van der Waals surface area contributed by atoms with Crippen LogP contribution in [-0.4, -0.2) is 33.0 Å². The van der Waals surface area contributed by atoms with E-state index in [9.17, 15) is 4.79 Å². The highest BCUT2D eigenvalue weighted by atomic mass is 16.1. The molecule has 0 aromatic carbocycles. The number of nitrogens with zero attached hydrogens (tertiary/aromatic N) is 2. The highest BCUT2D eigenvalue weighted by molar-refractivity contribution is 5.67. The van der Waals surface area contributed by atoms with Gasteiger partial charge in [0.25, 0.3) is 5.56 Å². The molecule has 0 saturated carbocycles. The van der Waals surface area contributed by atoms with Gasteiger partial charge in [0, 0.05) is 0 Å². The van der Waals surface area contributed by atoms with Gasteiger partial charge in [-0.1, -0.05) is 0 Å². The first-order valence-corrected chi connectivity index (χ1v) is 4.95. The zero-order valence-electron chi connectivity index (χ0n) is 8.29. The minimum atomic E-state index is -0.192. The predicted molar refractivity (Wildman–Crippen MR) is 56.6 cm³/mol. The van der Waals surface area contributed by atoms with Gasteiger partial charge in [-0.3, -0.25) is 4.79 Å². The number of hydrogen-bond donors (Lipinski definition) is 3. The molecule has 0 unspecified atom stereocenters. The lowest BCUT2D eigenvalue weighted by atomic mass is 10.4. The monoisotopic (exact) mass is 207 g/mol. The van der Waals surface area contributed by atoms with Crippen molar-refractivity contribution in [3.8, 4) is 0 Å². The molecule has 0 bridgehead atoms. The van der Waals surface area contributed by atoms with E-state index >= 15 is 0 Å². The Kier molecular flexibility index (Phi) is 3.08. The van der Waals surface area contributed by atoms with Crippen molar-refractivity contribution in [2.45, 2.75) is 12.8 Å². The third kappa shape index (κ3) is 2.41. The Balaban J connectivity index is 0.000000144. The van der Waals surface area contributed by atoms with Gasteiger partial charge in [0.2, 0.25) is 0 Å². The van der Waals surface area contributed by atoms with Crippen molar-refractivity contribution in [1.82, 2.24) is 25.3 Å². The standard InChI is InChI=1S/C5H4N4O.C4H9N/c10-5-3-4(7-1-6-3)8-2-9-5;1-2-4-5-3-1/h1-2H,(H2,6,7,8,9,10);5H,1-4H2. The average Bonchev–Trinajstić information content (AvgIpc) is 2.93. The van der Waals surface area contributed by atoms with E-state index in [0.29, 0.717) is 11.2 Å². The topological polar surface area (TPSA) is 86.5 Å².